The molecule has 0 amide bonds. The fraction of sp³-hybridized carbons (Fsp3) is 0.360. The second kappa shape index (κ2) is 11.6. The summed E-state index contributed by atoms with van der Waals surface area (Å²) < 4.78 is 20.1. The number of aliphatic hydroxyl groups excluding tert-OH is 2. The van der Waals surface area contributed by atoms with Gasteiger partial charge >= 0.3 is 5.97 Å². The number of aliphatic hydroxyl groups is 2. The van der Waals surface area contributed by atoms with E-state index in [0.717, 1.165) is 11.3 Å². The van der Waals surface area contributed by atoms with E-state index in [4.69, 9.17) is 9.84 Å². The van der Waals surface area contributed by atoms with Gasteiger partial charge in [0.2, 0.25) is 0 Å². The first kappa shape index (κ1) is 25.2. The lowest BCUT2D eigenvalue weighted by Crippen LogP contribution is -2.20. The third-order valence-corrected chi connectivity index (χ3v) is 5.09. The van der Waals surface area contributed by atoms with Gasteiger partial charge in [0.05, 0.1) is 42.8 Å². The topological polar surface area (TPSA) is 110 Å². The molecule has 8 nitrogen and oxygen atoms in total. The highest BCUT2D eigenvalue weighted by atomic mass is 19.1. The minimum atomic E-state index is -1.04. The van der Waals surface area contributed by atoms with Crippen LogP contribution in [0.15, 0.2) is 48.9 Å². The molecule has 0 bridgehead atoms. The summed E-state index contributed by atoms with van der Waals surface area (Å²) in [6.07, 6.45) is 5.71. The van der Waals surface area contributed by atoms with Crippen molar-refractivity contribution in [1.29, 1.82) is 0 Å². The minimum absolute atomic E-state index is 0.0308. The van der Waals surface area contributed by atoms with Crippen LogP contribution in [-0.2, 0) is 9.53 Å². The molecular formula is C25H29FN4O4. The van der Waals surface area contributed by atoms with Gasteiger partial charge in [-0.25, -0.2) is 14.1 Å². The van der Waals surface area contributed by atoms with Gasteiger partial charge in [-0.05, 0) is 37.1 Å². The fourth-order valence-electron chi connectivity index (χ4n) is 3.55. The van der Waals surface area contributed by atoms with Crippen LogP contribution < -0.4 is 0 Å². The number of halogens is 1. The van der Waals surface area contributed by atoms with E-state index in [0.29, 0.717) is 17.1 Å². The third-order valence-electron chi connectivity index (χ3n) is 5.09. The van der Waals surface area contributed by atoms with Gasteiger partial charge in [-0.15, -0.1) is 0 Å². The molecule has 3 rings (SSSR count). The smallest absolute Gasteiger partial charge is 0.308 e. The zero-order chi connectivity index (χ0) is 24.7. The van der Waals surface area contributed by atoms with Crippen LogP contribution in [0.5, 0.6) is 0 Å². The highest BCUT2D eigenvalue weighted by Crippen LogP contribution is 2.33. The number of nitrogens with zero attached hydrogens (tertiary/aromatic N) is 4. The Balaban J connectivity index is 1.99. The van der Waals surface area contributed by atoms with Crippen LogP contribution >= 0.6 is 0 Å². The maximum Gasteiger partial charge on any atom is 0.308 e. The summed E-state index contributed by atoms with van der Waals surface area (Å²) in [4.78, 5) is 20.1. The van der Waals surface area contributed by atoms with E-state index >= 15 is 0 Å². The number of esters is 1. The number of hydrogen-bond acceptors (Lipinski definition) is 7. The lowest BCUT2D eigenvalue weighted by atomic mass is 9.98. The molecule has 3 aromatic rings. The number of carbonyl (C=O) groups is 1. The molecule has 0 fully saturated rings. The van der Waals surface area contributed by atoms with Gasteiger partial charge in [0.25, 0.3) is 0 Å². The van der Waals surface area contributed by atoms with Crippen LogP contribution in [0.4, 0.5) is 4.39 Å². The summed E-state index contributed by atoms with van der Waals surface area (Å²) in [7, 11) is 0. The molecule has 0 aliphatic heterocycles. The largest absolute Gasteiger partial charge is 0.466 e. The maximum absolute atomic E-state index is 13.6. The van der Waals surface area contributed by atoms with Crippen LogP contribution in [0.25, 0.3) is 23.2 Å². The molecule has 2 atom stereocenters. The fourth-order valence-corrected chi connectivity index (χ4v) is 3.55. The van der Waals surface area contributed by atoms with Crippen molar-refractivity contribution < 1.29 is 24.1 Å². The number of benzene rings is 1. The van der Waals surface area contributed by atoms with Gasteiger partial charge < -0.3 is 14.9 Å². The molecule has 0 aliphatic carbocycles. The Hall–Kier alpha value is -3.43. The van der Waals surface area contributed by atoms with E-state index < -0.39 is 18.2 Å². The Labute approximate surface area is 197 Å². The first-order chi connectivity index (χ1) is 16.3. The van der Waals surface area contributed by atoms with Crippen molar-refractivity contribution in [1.82, 2.24) is 19.7 Å². The molecule has 2 aromatic heterocycles. The van der Waals surface area contributed by atoms with Gasteiger partial charge in [-0.2, -0.15) is 5.10 Å². The predicted octanol–water partition coefficient (Wildman–Crippen LogP) is 3.67. The van der Waals surface area contributed by atoms with Crippen molar-refractivity contribution in [3.8, 4) is 17.1 Å². The number of ether oxygens (including phenoxy) is 1. The summed E-state index contributed by atoms with van der Waals surface area (Å²) in [5.41, 5.74) is 2.86. The minimum Gasteiger partial charge on any atom is -0.466 e. The quantitative estimate of drug-likeness (QED) is 0.437. The molecule has 0 saturated carbocycles. The second-order valence-electron chi connectivity index (χ2n) is 8.11. The van der Waals surface area contributed by atoms with Crippen LogP contribution in [0.3, 0.4) is 0 Å². The van der Waals surface area contributed by atoms with E-state index in [1.807, 2.05) is 13.8 Å². The Morgan fingerprint density at radius 3 is 2.56 bits per heavy atom. The second-order valence-corrected chi connectivity index (χ2v) is 8.11. The summed E-state index contributed by atoms with van der Waals surface area (Å²) in [5.74, 6) is -0.351. The molecule has 0 spiro atoms. The first-order valence-corrected chi connectivity index (χ1v) is 11.1. The summed E-state index contributed by atoms with van der Waals surface area (Å²) in [6, 6.07) is 6.04. The molecule has 1 aromatic carbocycles. The number of rotatable bonds is 10. The van der Waals surface area contributed by atoms with Crippen LogP contribution in [0.2, 0.25) is 0 Å². The van der Waals surface area contributed by atoms with Crippen molar-refractivity contribution in [2.45, 2.75) is 51.7 Å². The van der Waals surface area contributed by atoms with Crippen molar-refractivity contribution in [2.24, 2.45) is 0 Å². The van der Waals surface area contributed by atoms with Crippen LogP contribution in [-0.4, -0.2) is 54.7 Å². The SMILES string of the molecule is CCOC(=O)CC(O)CC(O)C=Cc1c(C(C)C)nn(-c2cnccn2)c1-c1ccc(F)cc1. The third kappa shape index (κ3) is 6.33. The monoisotopic (exact) mass is 468 g/mol. The molecule has 2 unspecified atom stereocenters. The molecule has 34 heavy (non-hydrogen) atoms. The number of carbonyl (C=O) groups excluding carboxylic acids is 1. The zero-order valence-corrected chi connectivity index (χ0v) is 19.4. The van der Waals surface area contributed by atoms with Crippen molar-refractivity contribution in [2.75, 3.05) is 6.61 Å². The Morgan fingerprint density at radius 1 is 1.21 bits per heavy atom. The molecule has 9 heteroatoms. The van der Waals surface area contributed by atoms with Crippen LogP contribution in [0.1, 0.15) is 50.8 Å². The number of hydrogen-bond donors (Lipinski definition) is 2. The summed E-state index contributed by atoms with van der Waals surface area (Å²) in [6.45, 7) is 5.91. The van der Waals surface area contributed by atoms with E-state index in [1.54, 1.807) is 54.5 Å². The number of aromatic nitrogens is 4. The lowest BCUT2D eigenvalue weighted by molar-refractivity contribution is -0.145. The molecule has 0 saturated heterocycles. The molecule has 2 N–H and O–H groups in total. The molecule has 2 heterocycles. The van der Waals surface area contributed by atoms with E-state index in [1.165, 1.54) is 12.1 Å². The van der Waals surface area contributed by atoms with Gasteiger partial charge in [-0.1, -0.05) is 26.0 Å². The van der Waals surface area contributed by atoms with Crippen molar-refractivity contribution in [3.63, 3.8) is 0 Å². The zero-order valence-electron chi connectivity index (χ0n) is 19.4. The van der Waals surface area contributed by atoms with E-state index in [9.17, 15) is 19.4 Å². The van der Waals surface area contributed by atoms with Gasteiger partial charge in [0.15, 0.2) is 5.82 Å². The summed E-state index contributed by atoms with van der Waals surface area (Å²) >= 11 is 0. The Morgan fingerprint density at radius 2 is 1.94 bits per heavy atom. The van der Waals surface area contributed by atoms with Crippen LogP contribution in [0, 0.1) is 5.82 Å². The van der Waals surface area contributed by atoms with Crippen molar-refractivity contribution >= 4 is 12.0 Å². The van der Waals surface area contributed by atoms with Crippen molar-refractivity contribution in [3.05, 3.63) is 66.0 Å². The average Bonchev–Trinajstić information content (AvgIpc) is 3.18. The predicted molar refractivity (Wildman–Crippen MR) is 126 cm³/mol. The first-order valence-electron chi connectivity index (χ1n) is 11.1. The van der Waals surface area contributed by atoms with E-state index in [2.05, 4.69) is 9.97 Å². The Kier molecular flexibility index (Phi) is 8.61. The average molecular weight is 469 g/mol. The van der Waals surface area contributed by atoms with Gasteiger partial charge in [-0.3, -0.25) is 9.78 Å². The molecule has 0 aliphatic rings. The molecular weight excluding hydrogens is 439 g/mol. The van der Waals surface area contributed by atoms with Gasteiger partial charge in [0, 0.05) is 29.9 Å². The Bertz CT molecular complexity index is 1110. The standard InChI is InChI=1S/C25H29FN4O4/c1-4-34-23(33)14-20(32)13-19(31)9-10-21-24(16(2)3)29-30(22-15-27-11-12-28-22)25(21)17-5-7-18(26)8-6-17/h5-12,15-16,19-20,31-32H,4,13-14H2,1-3H3. The van der Waals surface area contributed by atoms with Gasteiger partial charge in [0.1, 0.15) is 5.82 Å². The normalized spacial score (nSPS) is 13.4. The van der Waals surface area contributed by atoms with E-state index in [-0.39, 0.29) is 31.2 Å². The lowest BCUT2D eigenvalue weighted by Gasteiger charge is -2.13. The highest BCUT2D eigenvalue weighted by Gasteiger charge is 2.22. The molecule has 180 valence electrons. The highest BCUT2D eigenvalue weighted by molar-refractivity contribution is 5.75. The summed E-state index contributed by atoms with van der Waals surface area (Å²) in [5, 5.41) is 25.3. The molecule has 0 radical (unpaired) electrons. The maximum atomic E-state index is 13.6.